The lowest BCUT2D eigenvalue weighted by Crippen LogP contribution is -2.06. The van der Waals surface area contributed by atoms with E-state index in [1.807, 2.05) is 78.9 Å². The van der Waals surface area contributed by atoms with Crippen LogP contribution < -0.4 is 0 Å². The van der Waals surface area contributed by atoms with Crippen LogP contribution in [0.15, 0.2) is 175 Å². The van der Waals surface area contributed by atoms with E-state index >= 15 is 0 Å². The highest BCUT2D eigenvalue weighted by atomic mass is 16.3. The van der Waals surface area contributed by atoms with Crippen molar-refractivity contribution in [1.29, 1.82) is 0 Å². The summed E-state index contributed by atoms with van der Waals surface area (Å²) in [5.41, 5.74) is 8.11. The number of amidine groups is 2. The van der Waals surface area contributed by atoms with Crippen molar-refractivity contribution >= 4 is 73.0 Å². The van der Waals surface area contributed by atoms with Gasteiger partial charge in [-0.05, 0) is 52.9 Å². The van der Waals surface area contributed by atoms with Crippen molar-refractivity contribution in [3.63, 3.8) is 0 Å². The van der Waals surface area contributed by atoms with Crippen LogP contribution in [-0.2, 0) is 6.54 Å². The third-order valence-electron chi connectivity index (χ3n) is 9.08. The molecule has 9 rings (SSSR count). The smallest absolute Gasteiger partial charge is 0.161 e. The molecule has 5 heteroatoms. The molecule has 0 spiro atoms. The Kier molecular flexibility index (Phi) is 6.95. The molecule has 9 aromatic rings. The fourth-order valence-electron chi connectivity index (χ4n) is 6.81. The summed E-state index contributed by atoms with van der Waals surface area (Å²) in [7, 11) is 0. The molecule has 5 nitrogen and oxygen atoms in total. The van der Waals surface area contributed by atoms with Crippen molar-refractivity contribution in [3.8, 4) is 11.1 Å². The van der Waals surface area contributed by atoms with Gasteiger partial charge in [0.15, 0.2) is 11.7 Å². The number of nitrogens with zero attached hydrogens (tertiary/aromatic N) is 3. The first kappa shape index (κ1) is 28.6. The Labute approximate surface area is 282 Å². The minimum absolute atomic E-state index is 0.472. The van der Waals surface area contributed by atoms with Gasteiger partial charge in [0.1, 0.15) is 22.3 Å². The quantitative estimate of drug-likeness (QED) is 0.140. The summed E-state index contributed by atoms with van der Waals surface area (Å²) in [6.45, 7) is 4.42. The summed E-state index contributed by atoms with van der Waals surface area (Å²) in [5, 5.41) is 6.42. The van der Waals surface area contributed by atoms with Gasteiger partial charge in [-0.25, -0.2) is 9.98 Å². The third-order valence-corrected chi connectivity index (χ3v) is 9.08. The van der Waals surface area contributed by atoms with Crippen LogP contribution in [0.3, 0.4) is 0 Å². The summed E-state index contributed by atoms with van der Waals surface area (Å²) < 4.78 is 12.9. The Bertz CT molecular complexity index is 2770. The number of rotatable bonds is 5. The van der Waals surface area contributed by atoms with Crippen molar-refractivity contribution in [2.45, 2.75) is 6.54 Å². The Morgan fingerprint density at radius 3 is 2.10 bits per heavy atom. The second-order valence-corrected chi connectivity index (χ2v) is 12.0. The highest BCUT2D eigenvalue weighted by Crippen LogP contribution is 2.42. The number of hydrogen-bond acceptors (Lipinski definition) is 3. The molecule has 2 heterocycles. The molecule has 0 aliphatic carbocycles. The monoisotopic (exact) mass is 631 g/mol. The molecule has 0 fully saturated rings. The summed E-state index contributed by atoms with van der Waals surface area (Å²) >= 11 is 0. The topological polar surface area (TPSA) is 63.4 Å². The molecule has 232 valence electrons. The van der Waals surface area contributed by atoms with Crippen molar-refractivity contribution in [2.75, 3.05) is 0 Å². The molecule has 0 saturated heterocycles. The lowest BCUT2D eigenvalue weighted by Gasteiger charge is -2.08. The maximum atomic E-state index is 6.66. The SMILES string of the molecule is C=NC(=NC(=NCc1ccc2ccccc2c1)c1ccccc1)c1cccc2oc3c(-c4cccc5oc6ccccc6c45)cccc3c12. The predicted molar refractivity (Wildman–Crippen MR) is 203 cm³/mol. The molecule has 2 aromatic heterocycles. The van der Waals surface area contributed by atoms with E-state index < -0.39 is 0 Å². The van der Waals surface area contributed by atoms with Crippen LogP contribution in [0.5, 0.6) is 0 Å². The van der Waals surface area contributed by atoms with Gasteiger partial charge in [-0.1, -0.05) is 127 Å². The largest absolute Gasteiger partial charge is 0.456 e. The highest BCUT2D eigenvalue weighted by Gasteiger charge is 2.20. The lowest BCUT2D eigenvalue weighted by molar-refractivity contribution is 0.668. The van der Waals surface area contributed by atoms with Crippen molar-refractivity contribution in [3.05, 3.63) is 168 Å². The Morgan fingerprint density at radius 2 is 1.22 bits per heavy atom. The summed E-state index contributed by atoms with van der Waals surface area (Å²) in [5.74, 6) is 1.06. The second kappa shape index (κ2) is 11.9. The van der Waals surface area contributed by atoms with E-state index in [2.05, 4.69) is 84.5 Å². The zero-order valence-corrected chi connectivity index (χ0v) is 26.5. The molecule has 7 aromatic carbocycles. The van der Waals surface area contributed by atoms with E-state index in [1.165, 1.54) is 10.8 Å². The van der Waals surface area contributed by atoms with Gasteiger partial charge in [-0.15, -0.1) is 0 Å². The number of benzene rings is 7. The van der Waals surface area contributed by atoms with Gasteiger partial charge in [0.05, 0.1) is 6.54 Å². The maximum Gasteiger partial charge on any atom is 0.161 e. The third kappa shape index (κ3) is 5.00. The van der Waals surface area contributed by atoms with Gasteiger partial charge >= 0.3 is 0 Å². The Balaban J connectivity index is 1.20. The molecule has 0 N–H and O–H groups in total. The molecule has 0 aliphatic rings. The highest BCUT2D eigenvalue weighted by molar-refractivity contribution is 6.24. The van der Waals surface area contributed by atoms with Gasteiger partial charge in [-0.3, -0.25) is 4.99 Å². The average Bonchev–Trinajstić information content (AvgIpc) is 3.74. The molecule has 0 bridgehead atoms. The van der Waals surface area contributed by atoms with Crippen LogP contribution in [-0.4, -0.2) is 18.4 Å². The van der Waals surface area contributed by atoms with E-state index in [0.717, 1.165) is 71.7 Å². The fraction of sp³-hybridized carbons (Fsp3) is 0.0227. The van der Waals surface area contributed by atoms with Crippen molar-refractivity contribution < 1.29 is 8.83 Å². The van der Waals surface area contributed by atoms with Crippen molar-refractivity contribution in [1.82, 2.24) is 0 Å². The summed E-state index contributed by atoms with van der Waals surface area (Å²) in [4.78, 5) is 14.6. The Hall–Kier alpha value is -6.59. The zero-order valence-electron chi connectivity index (χ0n) is 26.5. The predicted octanol–water partition coefficient (Wildman–Crippen LogP) is 11.4. The van der Waals surface area contributed by atoms with Crippen molar-refractivity contribution in [2.24, 2.45) is 15.0 Å². The zero-order chi connectivity index (χ0) is 32.7. The van der Waals surface area contributed by atoms with Gasteiger partial charge in [0.2, 0.25) is 0 Å². The first-order chi connectivity index (χ1) is 24.2. The van der Waals surface area contributed by atoms with Gasteiger partial charge < -0.3 is 8.83 Å². The van der Waals surface area contributed by atoms with E-state index in [9.17, 15) is 0 Å². The van der Waals surface area contributed by atoms with E-state index in [1.54, 1.807) is 0 Å². The molecule has 0 saturated carbocycles. The first-order valence-electron chi connectivity index (χ1n) is 16.2. The standard InChI is InChI=1S/C44H29N3O2/c1-45-44(47-43(30-13-3-2-4-14-30)46-27-28-24-25-29-12-5-6-15-31(29)26-28)36-20-11-23-39-41(36)35-19-9-18-33(42(35)49-39)32-17-10-22-38-40(32)34-16-7-8-21-37(34)48-38/h2-26H,1,27H2. The summed E-state index contributed by atoms with van der Waals surface area (Å²) in [6.07, 6.45) is 0. The van der Waals surface area contributed by atoms with Gasteiger partial charge in [0, 0.05) is 38.2 Å². The van der Waals surface area contributed by atoms with Gasteiger partial charge in [0.25, 0.3) is 0 Å². The normalized spacial score (nSPS) is 12.5. The van der Waals surface area contributed by atoms with Crippen LogP contribution in [0.25, 0.3) is 65.8 Å². The summed E-state index contributed by atoms with van der Waals surface area (Å²) in [6, 6.07) is 51.4. The van der Waals surface area contributed by atoms with E-state index in [0.29, 0.717) is 18.2 Å². The van der Waals surface area contributed by atoms with Crippen LogP contribution in [0.2, 0.25) is 0 Å². The first-order valence-corrected chi connectivity index (χ1v) is 16.2. The number of hydrogen-bond donors (Lipinski definition) is 0. The molecule has 0 radical (unpaired) electrons. The lowest BCUT2D eigenvalue weighted by atomic mass is 9.97. The molecule has 0 aliphatic heterocycles. The number of aliphatic imine (C=N–C) groups is 3. The second-order valence-electron chi connectivity index (χ2n) is 12.0. The Morgan fingerprint density at radius 1 is 0.531 bits per heavy atom. The fourth-order valence-corrected chi connectivity index (χ4v) is 6.81. The minimum atomic E-state index is 0.472. The molecule has 0 amide bonds. The van der Waals surface area contributed by atoms with Crippen LogP contribution in [0.1, 0.15) is 16.7 Å². The van der Waals surface area contributed by atoms with E-state index in [4.69, 9.17) is 18.8 Å². The molecule has 0 unspecified atom stereocenters. The number of fused-ring (bicyclic) bond motifs is 7. The molecular weight excluding hydrogens is 603 g/mol. The van der Waals surface area contributed by atoms with E-state index in [-0.39, 0.29) is 0 Å². The molecule has 0 atom stereocenters. The van der Waals surface area contributed by atoms with Gasteiger partial charge in [-0.2, -0.15) is 0 Å². The average molecular weight is 632 g/mol. The van der Waals surface area contributed by atoms with Crippen LogP contribution >= 0.6 is 0 Å². The number of furan rings is 2. The van der Waals surface area contributed by atoms with Crippen LogP contribution in [0, 0.1) is 0 Å². The van der Waals surface area contributed by atoms with Crippen LogP contribution in [0.4, 0.5) is 0 Å². The maximum absolute atomic E-state index is 6.66. The molecule has 49 heavy (non-hydrogen) atoms. The minimum Gasteiger partial charge on any atom is -0.456 e. The molecular formula is C44H29N3O2. The number of para-hydroxylation sites is 2.